The minimum Gasteiger partial charge on any atom is -0.291 e. The maximum atomic E-state index is 12.1. The third-order valence-corrected chi connectivity index (χ3v) is 4.38. The summed E-state index contributed by atoms with van der Waals surface area (Å²) in [5, 5.41) is 1.08. The van der Waals surface area contributed by atoms with Crippen LogP contribution < -0.4 is 9.64 Å². The van der Waals surface area contributed by atoms with Gasteiger partial charge in [-0.3, -0.25) is 14.5 Å². The van der Waals surface area contributed by atoms with Gasteiger partial charge in [0.1, 0.15) is 0 Å². The number of hydrogen-bond acceptors (Lipinski definition) is 4. The standard InChI is InChI=1S/C16H20N2O2S/c1-3-4-5-6-11-14(19)18(2)16-17-13-10-8-7-9-12(13)15(20)21-16/h7-10H,3-6,11H2,1-2H3. The summed E-state index contributed by atoms with van der Waals surface area (Å²) in [5.74, 6) is 0.0181. The molecule has 0 atom stereocenters. The van der Waals surface area contributed by atoms with Crippen LogP contribution in [0.1, 0.15) is 39.0 Å². The molecule has 5 heteroatoms. The Morgan fingerprint density at radius 3 is 2.76 bits per heavy atom. The van der Waals surface area contributed by atoms with Crippen molar-refractivity contribution in [2.45, 2.75) is 39.0 Å². The Labute approximate surface area is 128 Å². The average Bonchev–Trinajstić information content (AvgIpc) is 2.50. The lowest BCUT2D eigenvalue weighted by atomic mass is 10.1. The Hall–Kier alpha value is -1.75. The second kappa shape index (κ2) is 7.31. The van der Waals surface area contributed by atoms with Crippen molar-refractivity contribution in [3.8, 4) is 0 Å². The topological polar surface area (TPSA) is 50.3 Å². The van der Waals surface area contributed by atoms with E-state index in [0.29, 0.717) is 22.5 Å². The number of anilines is 1. The van der Waals surface area contributed by atoms with Crippen molar-refractivity contribution in [3.63, 3.8) is 0 Å². The molecule has 2 rings (SSSR count). The summed E-state index contributed by atoms with van der Waals surface area (Å²) in [6.07, 6.45) is 4.76. The fourth-order valence-corrected chi connectivity index (χ4v) is 2.96. The van der Waals surface area contributed by atoms with Crippen LogP contribution >= 0.6 is 11.3 Å². The Bertz CT molecular complexity index is 681. The van der Waals surface area contributed by atoms with Crippen molar-refractivity contribution in [3.05, 3.63) is 33.8 Å². The summed E-state index contributed by atoms with van der Waals surface area (Å²) < 4.78 is -0.0544. The van der Waals surface area contributed by atoms with Gasteiger partial charge in [0, 0.05) is 13.5 Å². The van der Waals surface area contributed by atoms with Crippen molar-refractivity contribution < 1.29 is 4.79 Å². The van der Waals surface area contributed by atoms with E-state index in [1.165, 1.54) is 4.90 Å². The fraction of sp³-hybridized carbons (Fsp3) is 0.438. The van der Waals surface area contributed by atoms with E-state index in [2.05, 4.69) is 11.9 Å². The van der Waals surface area contributed by atoms with E-state index in [1.54, 1.807) is 19.2 Å². The molecular formula is C16H20N2O2S. The summed E-state index contributed by atoms with van der Waals surface area (Å²) in [4.78, 5) is 30.1. The number of unbranched alkanes of at least 4 members (excludes halogenated alkanes) is 3. The molecule has 1 aromatic carbocycles. The highest BCUT2D eigenvalue weighted by atomic mass is 32.1. The van der Waals surface area contributed by atoms with Crippen molar-refractivity contribution >= 4 is 33.3 Å². The van der Waals surface area contributed by atoms with Crippen molar-refractivity contribution in [2.75, 3.05) is 11.9 Å². The number of rotatable bonds is 6. The molecule has 0 bridgehead atoms. The third kappa shape index (κ3) is 3.88. The SMILES string of the molecule is CCCCCCC(=O)N(C)c1nc2ccccc2c(=O)s1. The molecule has 0 radical (unpaired) electrons. The monoisotopic (exact) mass is 304 g/mol. The smallest absolute Gasteiger partial charge is 0.245 e. The van der Waals surface area contributed by atoms with Gasteiger partial charge in [0.05, 0.1) is 10.9 Å². The number of benzene rings is 1. The highest BCUT2D eigenvalue weighted by Gasteiger charge is 2.14. The number of fused-ring (bicyclic) bond motifs is 1. The van der Waals surface area contributed by atoms with Crippen LogP contribution in [-0.2, 0) is 4.79 Å². The van der Waals surface area contributed by atoms with E-state index >= 15 is 0 Å². The normalized spacial score (nSPS) is 10.8. The van der Waals surface area contributed by atoms with Gasteiger partial charge >= 0.3 is 0 Å². The molecular weight excluding hydrogens is 284 g/mol. The lowest BCUT2D eigenvalue weighted by Crippen LogP contribution is -2.26. The number of para-hydroxylation sites is 1. The molecule has 2 aromatic rings. The van der Waals surface area contributed by atoms with Gasteiger partial charge in [0.25, 0.3) is 0 Å². The molecule has 0 aliphatic heterocycles. The lowest BCUT2D eigenvalue weighted by Gasteiger charge is -2.15. The zero-order valence-electron chi connectivity index (χ0n) is 12.5. The summed E-state index contributed by atoms with van der Waals surface area (Å²) in [6, 6.07) is 7.22. The largest absolute Gasteiger partial charge is 0.291 e. The van der Waals surface area contributed by atoms with E-state index in [4.69, 9.17) is 0 Å². The average molecular weight is 304 g/mol. The van der Waals surface area contributed by atoms with Crippen LogP contribution in [0.3, 0.4) is 0 Å². The molecule has 21 heavy (non-hydrogen) atoms. The first kappa shape index (κ1) is 15.6. The molecule has 0 saturated heterocycles. The first-order valence-electron chi connectivity index (χ1n) is 7.30. The fourth-order valence-electron chi connectivity index (χ4n) is 2.13. The van der Waals surface area contributed by atoms with Crippen molar-refractivity contribution in [1.29, 1.82) is 0 Å². The van der Waals surface area contributed by atoms with E-state index < -0.39 is 0 Å². The molecule has 1 heterocycles. The summed E-state index contributed by atoms with van der Waals surface area (Å²) in [7, 11) is 1.69. The Morgan fingerprint density at radius 2 is 2.00 bits per heavy atom. The van der Waals surface area contributed by atoms with Gasteiger partial charge in [0.15, 0.2) is 5.13 Å². The van der Waals surface area contributed by atoms with E-state index in [-0.39, 0.29) is 10.6 Å². The van der Waals surface area contributed by atoms with Crippen molar-refractivity contribution in [1.82, 2.24) is 4.98 Å². The van der Waals surface area contributed by atoms with Gasteiger partial charge in [-0.1, -0.05) is 49.7 Å². The highest BCUT2D eigenvalue weighted by molar-refractivity contribution is 7.13. The highest BCUT2D eigenvalue weighted by Crippen LogP contribution is 2.19. The van der Waals surface area contributed by atoms with Crippen LogP contribution in [-0.4, -0.2) is 17.9 Å². The van der Waals surface area contributed by atoms with Gasteiger partial charge in [-0.15, -0.1) is 0 Å². The molecule has 0 fully saturated rings. The van der Waals surface area contributed by atoms with Gasteiger partial charge in [-0.2, -0.15) is 0 Å². The van der Waals surface area contributed by atoms with Gasteiger partial charge in [0.2, 0.25) is 10.6 Å². The quantitative estimate of drug-likeness (QED) is 0.766. The first-order valence-corrected chi connectivity index (χ1v) is 8.11. The number of aromatic nitrogens is 1. The molecule has 0 saturated carbocycles. The maximum absolute atomic E-state index is 12.1. The minimum absolute atomic E-state index is 0.0181. The van der Waals surface area contributed by atoms with Gasteiger partial charge in [-0.25, -0.2) is 4.98 Å². The predicted octanol–water partition coefficient (Wildman–Crippen LogP) is 3.59. The molecule has 112 valence electrons. The molecule has 0 aliphatic rings. The molecule has 4 nitrogen and oxygen atoms in total. The summed E-state index contributed by atoms with van der Waals surface area (Å²) in [6.45, 7) is 2.14. The van der Waals surface area contributed by atoms with Crippen LogP contribution in [0, 0.1) is 0 Å². The molecule has 1 aromatic heterocycles. The molecule has 1 amide bonds. The lowest BCUT2D eigenvalue weighted by molar-refractivity contribution is -0.118. The predicted molar refractivity (Wildman–Crippen MR) is 88.1 cm³/mol. The number of hydrogen-bond donors (Lipinski definition) is 0. The Kier molecular flexibility index (Phi) is 5.44. The van der Waals surface area contributed by atoms with Crippen LogP contribution in [0.2, 0.25) is 0 Å². The Balaban J connectivity index is 2.13. The second-order valence-electron chi connectivity index (χ2n) is 5.06. The number of carbonyl (C=O) groups excluding carboxylic acids is 1. The number of amides is 1. The first-order chi connectivity index (χ1) is 10.1. The second-order valence-corrected chi connectivity index (χ2v) is 6.00. The summed E-state index contributed by atoms with van der Waals surface area (Å²) >= 11 is 1.03. The van der Waals surface area contributed by atoms with Gasteiger partial charge in [-0.05, 0) is 18.6 Å². The van der Waals surface area contributed by atoms with E-state index in [9.17, 15) is 9.59 Å². The zero-order valence-corrected chi connectivity index (χ0v) is 13.3. The van der Waals surface area contributed by atoms with Crippen molar-refractivity contribution in [2.24, 2.45) is 0 Å². The van der Waals surface area contributed by atoms with Crippen LogP contribution in [0.5, 0.6) is 0 Å². The Morgan fingerprint density at radius 1 is 1.24 bits per heavy atom. The zero-order chi connectivity index (χ0) is 15.2. The molecule has 0 unspecified atom stereocenters. The van der Waals surface area contributed by atoms with Crippen LogP contribution in [0.4, 0.5) is 5.13 Å². The maximum Gasteiger partial charge on any atom is 0.245 e. The van der Waals surface area contributed by atoms with Crippen LogP contribution in [0.15, 0.2) is 29.1 Å². The minimum atomic E-state index is -0.0544. The molecule has 0 N–H and O–H groups in total. The number of carbonyl (C=O) groups is 1. The molecule has 0 aliphatic carbocycles. The third-order valence-electron chi connectivity index (χ3n) is 3.43. The summed E-state index contributed by atoms with van der Waals surface area (Å²) in [5.41, 5.74) is 0.641. The van der Waals surface area contributed by atoms with Gasteiger partial charge < -0.3 is 0 Å². The van der Waals surface area contributed by atoms with E-state index in [1.807, 2.05) is 12.1 Å². The van der Waals surface area contributed by atoms with E-state index in [0.717, 1.165) is 37.0 Å². The number of nitrogens with zero attached hydrogens (tertiary/aromatic N) is 2. The molecule has 0 spiro atoms. The van der Waals surface area contributed by atoms with Crippen LogP contribution in [0.25, 0.3) is 10.9 Å².